The number of amides is 2. The van der Waals surface area contributed by atoms with E-state index in [2.05, 4.69) is 11.9 Å². The lowest BCUT2D eigenvalue weighted by atomic mass is 10.0. The summed E-state index contributed by atoms with van der Waals surface area (Å²) in [6, 6.07) is 12.5. The van der Waals surface area contributed by atoms with Crippen LogP contribution in [0.5, 0.6) is 5.75 Å². The topological polar surface area (TPSA) is 58.6 Å². The van der Waals surface area contributed by atoms with Crippen LogP contribution in [-0.2, 0) is 9.59 Å². The monoisotopic (exact) mass is 366 g/mol. The number of hydrogen-bond acceptors (Lipinski definition) is 4. The zero-order valence-electron chi connectivity index (χ0n) is 14.9. The van der Waals surface area contributed by atoms with Crippen LogP contribution in [0.2, 0.25) is 0 Å². The molecule has 2 aromatic carbocycles. The Morgan fingerprint density at radius 2 is 1.74 bits per heavy atom. The van der Waals surface area contributed by atoms with Gasteiger partial charge in [0.2, 0.25) is 0 Å². The highest BCUT2D eigenvalue weighted by Crippen LogP contribution is 2.31. The van der Waals surface area contributed by atoms with E-state index in [1.807, 2.05) is 6.92 Å². The van der Waals surface area contributed by atoms with Crippen LogP contribution >= 0.6 is 0 Å². The van der Waals surface area contributed by atoms with Gasteiger partial charge in [0.25, 0.3) is 11.8 Å². The molecule has 1 heterocycles. The highest BCUT2D eigenvalue weighted by atomic mass is 19.1. The molecule has 1 N–H and O–H groups in total. The molecular weight excluding hydrogens is 347 g/mol. The van der Waals surface area contributed by atoms with E-state index in [0.717, 1.165) is 4.90 Å². The van der Waals surface area contributed by atoms with Gasteiger partial charge in [0.05, 0.1) is 12.2 Å². The van der Waals surface area contributed by atoms with Crippen LogP contribution in [0.25, 0.3) is 5.57 Å². The van der Waals surface area contributed by atoms with Crippen molar-refractivity contribution >= 4 is 23.1 Å². The zero-order valence-corrected chi connectivity index (χ0v) is 14.9. The molecule has 0 saturated carbocycles. The Labute approximate surface area is 156 Å². The minimum absolute atomic E-state index is 0.104. The van der Waals surface area contributed by atoms with Crippen molar-refractivity contribution in [3.8, 4) is 5.75 Å². The third kappa shape index (κ3) is 3.74. The van der Waals surface area contributed by atoms with E-state index in [1.165, 1.54) is 30.3 Å². The molecule has 0 aromatic heterocycles. The van der Waals surface area contributed by atoms with Crippen molar-refractivity contribution in [3.05, 3.63) is 78.3 Å². The van der Waals surface area contributed by atoms with Crippen molar-refractivity contribution < 1.29 is 18.7 Å². The van der Waals surface area contributed by atoms with E-state index in [-0.39, 0.29) is 23.6 Å². The van der Waals surface area contributed by atoms with Crippen molar-refractivity contribution in [2.75, 3.05) is 18.5 Å². The number of ether oxygens (including phenoxy) is 1. The second-order valence-electron chi connectivity index (χ2n) is 5.85. The minimum Gasteiger partial charge on any atom is -0.494 e. The molecular formula is C21H19FN2O3. The summed E-state index contributed by atoms with van der Waals surface area (Å²) in [5.74, 6) is -0.570. The van der Waals surface area contributed by atoms with E-state index in [9.17, 15) is 14.0 Å². The smallest absolute Gasteiger partial charge is 0.278 e. The molecule has 138 valence electrons. The molecule has 27 heavy (non-hydrogen) atoms. The Kier molecular flexibility index (Phi) is 5.35. The second-order valence-corrected chi connectivity index (χ2v) is 5.85. The standard InChI is InChI=1S/C21H19FN2O3/c1-3-13-24-20(25)18(14-5-11-17(12-6-14)27-4-2)19(21(24)26)23-16-9-7-15(22)8-10-16/h3,5-12,23H,1,4,13H2,2H3. The first-order valence-corrected chi connectivity index (χ1v) is 8.52. The summed E-state index contributed by atoms with van der Waals surface area (Å²) < 4.78 is 18.6. The van der Waals surface area contributed by atoms with E-state index in [1.54, 1.807) is 24.3 Å². The van der Waals surface area contributed by atoms with Crippen LogP contribution in [-0.4, -0.2) is 29.9 Å². The summed E-state index contributed by atoms with van der Waals surface area (Å²) in [7, 11) is 0. The second kappa shape index (κ2) is 7.86. The SMILES string of the molecule is C=CCN1C(=O)C(Nc2ccc(F)cc2)=C(c2ccc(OCC)cc2)C1=O. The van der Waals surface area contributed by atoms with E-state index in [0.29, 0.717) is 23.6 Å². The molecule has 1 aliphatic rings. The first kappa shape index (κ1) is 18.4. The van der Waals surface area contributed by atoms with Gasteiger partial charge in [-0.1, -0.05) is 18.2 Å². The lowest BCUT2D eigenvalue weighted by Crippen LogP contribution is -2.32. The van der Waals surface area contributed by atoms with Crippen molar-refractivity contribution in [2.24, 2.45) is 0 Å². The number of imide groups is 1. The fourth-order valence-electron chi connectivity index (χ4n) is 2.82. The molecule has 0 spiro atoms. The summed E-state index contributed by atoms with van der Waals surface area (Å²) in [6.07, 6.45) is 1.49. The number of halogens is 1. The summed E-state index contributed by atoms with van der Waals surface area (Å²) in [6.45, 7) is 6.12. The van der Waals surface area contributed by atoms with Gasteiger partial charge in [-0.3, -0.25) is 14.5 Å². The average Bonchev–Trinajstić information content (AvgIpc) is 2.89. The Balaban J connectivity index is 2.02. The predicted octanol–water partition coefficient (Wildman–Crippen LogP) is 3.60. The molecule has 0 saturated heterocycles. The van der Waals surface area contributed by atoms with Gasteiger partial charge in [0.15, 0.2) is 0 Å². The summed E-state index contributed by atoms with van der Waals surface area (Å²) in [4.78, 5) is 26.7. The van der Waals surface area contributed by atoms with Gasteiger partial charge in [-0.15, -0.1) is 6.58 Å². The summed E-state index contributed by atoms with van der Waals surface area (Å²) in [5.41, 5.74) is 1.51. The third-order valence-electron chi connectivity index (χ3n) is 4.05. The number of hydrogen-bond donors (Lipinski definition) is 1. The molecule has 0 bridgehead atoms. The first-order chi connectivity index (χ1) is 13.0. The molecule has 0 fully saturated rings. The molecule has 5 nitrogen and oxygen atoms in total. The maximum atomic E-state index is 13.2. The number of anilines is 1. The van der Waals surface area contributed by atoms with Gasteiger partial charge < -0.3 is 10.1 Å². The highest BCUT2D eigenvalue weighted by molar-refractivity contribution is 6.36. The lowest BCUT2D eigenvalue weighted by Gasteiger charge is -2.12. The summed E-state index contributed by atoms with van der Waals surface area (Å²) in [5, 5.41) is 2.96. The maximum Gasteiger partial charge on any atom is 0.278 e. The normalized spacial score (nSPS) is 13.9. The molecule has 6 heteroatoms. The Morgan fingerprint density at radius 1 is 1.07 bits per heavy atom. The molecule has 2 amide bonds. The van der Waals surface area contributed by atoms with Crippen molar-refractivity contribution in [1.82, 2.24) is 4.90 Å². The van der Waals surface area contributed by atoms with E-state index >= 15 is 0 Å². The van der Waals surface area contributed by atoms with Crippen molar-refractivity contribution in [3.63, 3.8) is 0 Å². The van der Waals surface area contributed by atoms with Gasteiger partial charge >= 0.3 is 0 Å². The number of nitrogens with one attached hydrogen (secondary N) is 1. The van der Waals surface area contributed by atoms with Gasteiger partial charge in [-0.25, -0.2) is 4.39 Å². The molecule has 0 radical (unpaired) electrons. The van der Waals surface area contributed by atoms with E-state index < -0.39 is 11.8 Å². The molecule has 0 atom stereocenters. The Morgan fingerprint density at radius 3 is 2.33 bits per heavy atom. The maximum absolute atomic E-state index is 13.2. The minimum atomic E-state index is -0.451. The fourth-order valence-corrected chi connectivity index (χ4v) is 2.82. The third-order valence-corrected chi connectivity index (χ3v) is 4.05. The van der Waals surface area contributed by atoms with Crippen LogP contribution in [0.4, 0.5) is 10.1 Å². The van der Waals surface area contributed by atoms with Gasteiger partial charge in [-0.2, -0.15) is 0 Å². The number of rotatable bonds is 7. The number of carbonyl (C=O) groups is 2. The van der Waals surface area contributed by atoms with Crippen molar-refractivity contribution in [2.45, 2.75) is 6.92 Å². The fraction of sp³-hybridized carbons (Fsp3) is 0.143. The van der Waals surface area contributed by atoms with Gasteiger partial charge in [0.1, 0.15) is 17.3 Å². The Hall–Kier alpha value is -3.41. The summed E-state index contributed by atoms with van der Waals surface area (Å²) >= 11 is 0. The van der Waals surface area contributed by atoms with Gasteiger partial charge in [-0.05, 0) is 48.9 Å². The Bertz CT molecular complexity index is 902. The van der Waals surface area contributed by atoms with Crippen LogP contribution in [0.1, 0.15) is 12.5 Å². The van der Waals surface area contributed by atoms with Crippen molar-refractivity contribution in [1.29, 1.82) is 0 Å². The number of nitrogens with zero attached hydrogens (tertiary/aromatic N) is 1. The molecule has 1 aliphatic heterocycles. The number of benzene rings is 2. The van der Waals surface area contributed by atoms with Crippen LogP contribution in [0.15, 0.2) is 66.9 Å². The van der Waals surface area contributed by atoms with Crippen LogP contribution < -0.4 is 10.1 Å². The van der Waals surface area contributed by atoms with E-state index in [4.69, 9.17) is 4.74 Å². The highest BCUT2D eigenvalue weighted by Gasteiger charge is 2.38. The first-order valence-electron chi connectivity index (χ1n) is 8.52. The quantitative estimate of drug-likeness (QED) is 0.601. The van der Waals surface area contributed by atoms with Crippen LogP contribution in [0, 0.1) is 5.82 Å². The lowest BCUT2D eigenvalue weighted by molar-refractivity contribution is -0.136. The molecule has 0 aliphatic carbocycles. The predicted molar refractivity (Wildman–Crippen MR) is 101 cm³/mol. The van der Waals surface area contributed by atoms with Crippen LogP contribution in [0.3, 0.4) is 0 Å². The number of carbonyl (C=O) groups excluding carboxylic acids is 2. The zero-order chi connectivity index (χ0) is 19.4. The largest absolute Gasteiger partial charge is 0.494 e. The molecule has 0 unspecified atom stereocenters. The molecule has 2 aromatic rings. The van der Waals surface area contributed by atoms with Gasteiger partial charge in [0, 0.05) is 12.2 Å². The average molecular weight is 366 g/mol. The molecule has 3 rings (SSSR count).